The second kappa shape index (κ2) is 9.55. The molecule has 1 aliphatic carbocycles. The fraction of sp³-hybridized carbons (Fsp3) is 0.458. The van der Waals surface area contributed by atoms with Crippen molar-refractivity contribution < 1.29 is 19.1 Å². The maximum Gasteiger partial charge on any atom is 0.414 e. The minimum atomic E-state index is -0.635. The molecule has 3 unspecified atom stereocenters. The Hall–Kier alpha value is -3.15. The van der Waals surface area contributed by atoms with Gasteiger partial charge in [0, 0.05) is 33.0 Å². The predicted octanol–water partition coefficient (Wildman–Crippen LogP) is 1.98. The first-order chi connectivity index (χ1) is 15.4. The first-order valence-electron chi connectivity index (χ1n) is 10.9. The van der Waals surface area contributed by atoms with Gasteiger partial charge in [-0.25, -0.2) is 4.79 Å². The lowest BCUT2D eigenvalue weighted by Gasteiger charge is -2.19. The average Bonchev–Trinajstić information content (AvgIpc) is 2.94. The Labute approximate surface area is 187 Å². The fourth-order valence-corrected chi connectivity index (χ4v) is 4.08. The molecule has 4 rings (SSSR count). The normalized spacial score (nSPS) is 26.1. The van der Waals surface area contributed by atoms with E-state index in [2.05, 4.69) is 29.7 Å². The van der Waals surface area contributed by atoms with Crippen LogP contribution in [-0.4, -0.2) is 61.9 Å². The Kier molecular flexibility index (Phi) is 6.58. The minimum absolute atomic E-state index is 0.202. The molecule has 0 bridgehead atoms. The molecule has 2 saturated heterocycles. The van der Waals surface area contributed by atoms with E-state index in [9.17, 15) is 14.9 Å². The molecule has 1 aromatic rings. The molecule has 0 spiro atoms. The number of hydrogen-bond donors (Lipinski definition) is 2. The maximum atomic E-state index is 12.5. The van der Waals surface area contributed by atoms with Gasteiger partial charge in [0.1, 0.15) is 18.2 Å². The van der Waals surface area contributed by atoms with E-state index >= 15 is 0 Å². The van der Waals surface area contributed by atoms with Gasteiger partial charge >= 0.3 is 6.09 Å². The summed E-state index contributed by atoms with van der Waals surface area (Å²) in [5, 5.41) is 15.6. The third-order valence-electron chi connectivity index (χ3n) is 5.99. The number of likely N-dealkylation sites (N-methyl/N-ethyl adjacent to an activating group) is 1. The van der Waals surface area contributed by atoms with E-state index in [0.29, 0.717) is 31.9 Å². The van der Waals surface area contributed by atoms with Crippen molar-refractivity contribution >= 4 is 17.6 Å². The largest absolute Gasteiger partial charge is 0.439 e. The molecule has 2 N–H and O–H groups in total. The van der Waals surface area contributed by atoms with Crippen LogP contribution in [0.2, 0.25) is 0 Å². The highest BCUT2D eigenvalue weighted by atomic mass is 16.6. The van der Waals surface area contributed by atoms with Crippen LogP contribution in [0, 0.1) is 17.2 Å². The molecular weight excluding hydrogens is 408 g/mol. The van der Waals surface area contributed by atoms with E-state index in [1.165, 1.54) is 0 Å². The van der Waals surface area contributed by atoms with Gasteiger partial charge in [0.25, 0.3) is 5.91 Å². The summed E-state index contributed by atoms with van der Waals surface area (Å²) in [6.07, 6.45) is 3.99. The van der Waals surface area contributed by atoms with Gasteiger partial charge in [-0.3, -0.25) is 9.69 Å². The molecular formula is C24H28N4O4. The second-order valence-corrected chi connectivity index (χ2v) is 8.57. The molecule has 168 valence electrons. The summed E-state index contributed by atoms with van der Waals surface area (Å²) in [6.45, 7) is 3.84. The highest BCUT2D eigenvalue weighted by molar-refractivity contribution is 5.82. The van der Waals surface area contributed by atoms with Crippen molar-refractivity contribution in [3.05, 3.63) is 53.2 Å². The molecule has 1 aromatic carbocycles. The van der Waals surface area contributed by atoms with Crippen molar-refractivity contribution in [2.75, 3.05) is 26.7 Å². The van der Waals surface area contributed by atoms with Gasteiger partial charge in [0.15, 0.2) is 0 Å². The molecule has 2 fully saturated rings. The number of carbonyl (C=O) groups excluding carboxylic acids is 2. The number of carbonyl (C=O) groups is 2. The van der Waals surface area contributed by atoms with Gasteiger partial charge in [0.05, 0.1) is 18.4 Å². The number of ether oxygens (including phenoxy) is 2. The van der Waals surface area contributed by atoms with Gasteiger partial charge in [-0.05, 0) is 28.7 Å². The Morgan fingerprint density at radius 1 is 1.34 bits per heavy atom. The number of nitriles is 1. The highest BCUT2D eigenvalue weighted by Crippen LogP contribution is 2.33. The Morgan fingerprint density at radius 2 is 2.12 bits per heavy atom. The van der Waals surface area contributed by atoms with E-state index in [-0.39, 0.29) is 18.1 Å². The summed E-state index contributed by atoms with van der Waals surface area (Å²) in [7, 11) is 1.72. The minimum Gasteiger partial charge on any atom is -0.439 e. The van der Waals surface area contributed by atoms with E-state index in [1.54, 1.807) is 11.9 Å². The number of allylic oxidation sites excluding steroid dienone is 2. The maximum absolute atomic E-state index is 12.5. The van der Waals surface area contributed by atoms with Crippen LogP contribution in [0.3, 0.4) is 0 Å². The topological polar surface area (TPSA) is 104 Å². The van der Waals surface area contributed by atoms with E-state index in [0.717, 1.165) is 28.9 Å². The monoisotopic (exact) mass is 436 g/mol. The summed E-state index contributed by atoms with van der Waals surface area (Å²) < 4.78 is 11.0. The Bertz CT molecular complexity index is 979. The van der Waals surface area contributed by atoms with Gasteiger partial charge < -0.3 is 20.1 Å². The highest BCUT2D eigenvalue weighted by Gasteiger charge is 2.35. The van der Waals surface area contributed by atoms with Gasteiger partial charge in [-0.2, -0.15) is 5.26 Å². The van der Waals surface area contributed by atoms with E-state index < -0.39 is 12.1 Å². The molecule has 8 heteroatoms. The molecule has 2 amide bonds. The zero-order valence-electron chi connectivity index (χ0n) is 18.3. The zero-order chi connectivity index (χ0) is 22.7. The van der Waals surface area contributed by atoms with Crippen molar-refractivity contribution in [1.29, 1.82) is 5.26 Å². The number of hydrogen-bond acceptors (Lipinski definition) is 6. The zero-order valence-corrected chi connectivity index (χ0v) is 18.3. The Balaban J connectivity index is 1.36. The third-order valence-corrected chi connectivity index (χ3v) is 5.99. The van der Waals surface area contributed by atoms with Crippen LogP contribution >= 0.6 is 0 Å². The molecule has 0 aromatic heterocycles. The summed E-state index contributed by atoms with van der Waals surface area (Å²) in [5.41, 5.74) is 3.88. The summed E-state index contributed by atoms with van der Waals surface area (Å²) in [6, 6.07) is 9.45. The van der Waals surface area contributed by atoms with Crippen molar-refractivity contribution in [1.82, 2.24) is 15.5 Å². The number of benzene rings is 1. The van der Waals surface area contributed by atoms with Crippen LogP contribution in [0.25, 0.3) is 5.57 Å². The lowest BCUT2D eigenvalue weighted by atomic mass is 9.94. The second-order valence-electron chi connectivity index (χ2n) is 8.57. The molecule has 0 radical (unpaired) electrons. The van der Waals surface area contributed by atoms with Crippen LogP contribution in [0.15, 0.2) is 42.1 Å². The van der Waals surface area contributed by atoms with Crippen LogP contribution < -0.4 is 10.6 Å². The molecule has 3 aliphatic rings. The molecule has 4 atom stereocenters. The molecule has 2 heterocycles. The van der Waals surface area contributed by atoms with Crippen LogP contribution in [0.5, 0.6) is 0 Å². The average molecular weight is 437 g/mol. The fourth-order valence-electron chi connectivity index (χ4n) is 4.08. The first-order valence-corrected chi connectivity index (χ1v) is 10.9. The number of nitrogens with one attached hydrogen (secondary N) is 2. The lowest BCUT2D eigenvalue weighted by molar-refractivity contribution is -0.132. The SMILES string of the molecule is CC1CNC[C@@H](C(=O)NC(C#N)Cc2ccc(C3=CCC4OC(=O)N(C)C4=C3)cc2)OC1. The number of amides is 2. The lowest BCUT2D eigenvalue weighted by Crippen LogP contribution is -2.46. The number of rotatable bonds is 5. The molecule has 32 heavy (non-hydrogen) atoms. The third kappa shape index (κ3) is 4.85. The predicted molar refractivity (Wildman–Crippen MR) is 118 cm³/mol. The molecule has 0 saturated carbocycles. The number of nitrogens with zero attached hydrogens (tertiary/aromatic N) is 2. The van der Waals surface area contributed by atoms with Crippen LogP contribution in [-0.2, 0) is 20.7 Å². The number of fused-ring (bicyclic) bond motifs is 1. The summed E-state index contributed by atoms with van der Waals surface area (Å²) in [4.78, 5) is 25.8. The smallest absolute Gasteiger partial charge is 0.414 e. The van der Waals surface area contributed by atoms with Gasteiger partial charge in [-0.15, -0.1) is 0 Å². The Morgan fingerprint density at radius 3 is 2.88 bits per heavy atom. The summed E-state index contributed by atoms with van der Waals surface area (Å²) >= 11 is 0. The first kappa shape index (κ1) is 22.1. The van der Waals surface area contributed by atoms with Gasteiger partial charge in [0.2, 0.25) is 0 Å². The van der Waals surface area contributed by atoms with Crippen LogP contribution in [0.4, 0.5) is 4.79 Å². The molecule has 2 aliphatic heterocycles. The van der Waals surface area contributed by atoms with Gasteiger partial charge in [-0.1, -0.05) is 37.3 Å². The van der Waals surface area contributed by atoms with Crippen molar-refractivity contribution in [3.63, 3.8) is 0 Å². The van der Waals surface area contributed by atoms with Crippen molar-refractivity contribution in [3.8, 4) is 6.07 Å². The van der Waals surface area contributed by atoms with Crippen molar-refractivity contribution in [2.24, 2.45) is 5.92 Å². The summed E-state index contributed by atoms with van der Waals surface area (Å²) in [5.74, 6) is 0.0849. The van der Waals surface area contributed by atoms with E-state index in [1.807, 2.05) is 30.3 Å². The van der Waals surface area contributed by atoms with Crippen molar-refractivity contribution in [2.45, 2.75) is 38.0 Å². The van der Waals surface area contributed by atoms with Crippen LogP contribution in [0.1, 0.15) is 24.5 Å². The standard InChI is InChI=1S/C24H28N4O4/c1-15-12-26-13-22(31-14-15)23(29)27-19(11-25)9-16-3-5-17(6-4-16)18-7-8-21-20(10-18)28(2)24(30)32-21/h3-7,10,15,19,21-22,26H,8-9,12-14H2,1-2H3,(H,27,29)/t15?,19?,21?,22-/m0/s1. The quantitative estimate of drug-likeness (QED) is 0.732. The molecule has 8 nitrogen and oxygen atoms in total. The van der Waals surface area contributed by atoms with E-state index in [4.69, 9.17) is 9.47 Å².